The Hall–Kier alpha value is -6.38. The maximum atomic E-state index is 2.42. The van der Waals surface area contributed by atoms with Gasteiger partial charge in [-0.3, -0.25) is 0 Å². The van der Waals surface area contributed by atoms with Crippen LogP contribution in [-0.2, 0) is 0 Å². The molecule has 50 heavy (non-hydrogen) atoms. The van der Waals surface area contributed by atoms with Crippen LogP contribution in [-0.4, -0.2) is 9.13 Å². The second-order valence-electron chi connectivity index (χ2n) is 13.3. The van der Waals surface area contributed by atoms with Gasteiger partial charge in [-0.1, -0.05) is 121 Å². The molecule has 0 saturated carbocycles. The molecule has 2 heterocycles. The number of benzene rings is 7. The predicted molar refractivity (Wildman–Crippen MR) is 212 cm³/mol. The molecule has 1 aliphatic carbocycles. The first-order valence-electron chi connectivity index (χ1n) is 17.5. The van der Waals surface area contributed by atoms with Crippen LogP contribution >= 0.6 is 0 Å². The van der Waals surface area contributed by atoms with Crippen molar-refractivity contribution in [2.45, 2.75) is 12.8 Å². The fourth-order valence-corrected chi connectivity index (χ4v) is 7.95. The number of fused-ring (bicyclic) bond motifs is 6. The standard InChI is InChI=1S/C48H34N2/c1-3-12-33(13-4-1)35-22-26-39(27-23-35)49-45-20-9-7-18-41(45)43-31-37(24-28-47(43)49)38-25-29-48-44(32-38)42-19-8-10-21-46(42)50(48)40-17-11-16-36(30-40)34-14-5-2-6-15-34/h1,3-5,7-32H,2,6H2. The van der Waals surface area contributed by atoms with Gasteiger partial charge in [0.05, 0.1) is 22.1 Å². The number of para-hydroxylation sites is 2. The zero-order valence-electron chi connectivity index (χ0n) is 27.6. The largest absolute Gasteiger partial charge is 0.309 e. The highest BCUT2D eigenvalue weighted by atomic mass is 15.0. The zero-order valence-corrected chi connectivity index (χ0v) is 27.6. The molecule has 0 spiro atoms. The van der Waals surface area contributed by atoms with Crippen LogP contribution in [0.4, 0.5) is 0 Å². The molecule has 1 aliphatic rings. The Labute approximate surface area is 291 Å². The van der Waals surface area contributed by atoms with Crippen LogP contribution in [0.3, 0.4) is 0 Å². The van der Waals surface area contributed by atoms with E-state index in [4.69, 9.17) is 0 Å². The third kappa shape index (κ3) is 4.64. The molecule has 0 unspecified atom stereocenters. The first-order valence-corrected chi connectivity index (χ1v) is 17.5. The van der Waals surface area contributed by atoms with E-state index < -0.39 is 0 Å². The molecule has 0 bridgehead atoms. The molecule has 0 saturated heterocycles. The van der Waals surface area contributed by atoms with E-state index >= 15 is 0 Å². The van der Waals surface area contributed by atoms with Crippen LogP contribution in [0, 0.1) is 0 Å². The van der Waals surface area contributed by atoms with Gasteiger partial charge in [-0.2, -0.15) is 0 Å². The highest BCUT2D eigenvalue weighted by molar-refractivity contribution is 6.12. The summed E-state index contributed by atoms with van der Waals surface area (Å²) >= 11 is 0. The average Bonchev–Trinajstić information content (AvgIpc) is 3.71. The summed E-state index contributed by atoms with van der Waals surface area (Å²) in [6.07, 6.45) is 9.12. The lowest BCUT2D eigenvalue weighted by Gasteiger charge is -2.12. The third-order valence-corrected chi connectivity index (χ3v) is 10.3. The summed E-state index contributed by atoms with van der Waals surface area (Å²) in [6, 6.07) is 60.0. The second kappa shape index (κ2) is 11.6. The van der Waals surface area contributed by atoms with Gasteiger partial charge in [0.1, 0.15) is 0 Å². The molecule has 236 valence electrons. The lowest BCUT2D eigenvalue weighted by atomic mass is 9.99. The van der Waals surface area contributed by atoms with E-state index in [2.05, 4.69) is 191 Å². The highest BCUT2D eigenvalue weighted by Gasteiger charge is 2.16. The number of hydrogen-bond acceptors (Lipinski definition) is 0. The molecule has 2 nitrogen and oxygen atoms in total. The molecule has 0 N–H and O–H groups in total. The summed E-state index contributed by atoms with van der Waals surface area (Å²) in [4.78, 5) is 0. The van der Waals surface area contributed by atoms with Crippen LogP contribution in [0.5, 0.6) is 0 Å². The molecule has 0 atom stereocenters. The first-order chi connectivity index (χ1) is 24.8. The lowest BCUT2D eigenvalue weighted by molar-refractivity contribution is 1.04. The van der Waals surface area contributed by atoms with Gasteiger partial charge in [-0.25, -0.2) is 0 Å². The summed E-state index contributed by atoms with van der Waals surface area (Å²) in [5.74, 6) is 0. The summed E-state index contributed by atoms with van der Waals surface area (Å²) < 4.78 is 4.82. The van der Waals surface area contributed by atoms with Gasteiger partial charge in [0.25, 0.3) is 0 Å². The number of nitrogens with zero attached hydrogens (tertiary/aromatic N) is 2. The van der Waals surface area contributed by atoms with E-state index in [1.54, 1.807) is 0 Å². The van der Waals surface area contributed by atoms with Crippen molar-refractivity contribution >= 4 is 49.2 Å². The average molecular weight is 639 g/mol. The van der Waals surface area contributed by atoms with E-state index in [1.807, 2.05) is 0 Å². The van der Waals surface area contributed by atoms with Crippen LogP contribution in [0.1, 0.15) is 18.4 Å². The lowest BCUT2D eigenvalue weighted by Crippen LogP contribution is -1.95. The molecule has 10 rings (SSSR count). The van der Waals surface area contributed by atoms with Crippen molar-refractivity contribution in [1.82, 2.24) is 9.13 Å². The van der Waals surface area contributed by atoms with Gasteiger partial charge in [-0.05, 0) is 107 Å². The van der Waals surface area contributed by atoms with Gasteiger partial charge in [0.2, 0.25) is 0 Å². The van der Waals surface area contributed by atoms with Crippen molar-refractivity contribution in [3.63, 3.8) is 0 Å². The van der Waals surface area contributed by atoms with Crippen molar-refractivity contribution < 1.29 is 0 Å². The normalized spacial score (nSPS) is 13.1. The molecule has 7 aromatic carbocycles. The Balaban J connectivity index is 1.10. The van der Waals surface area contributed by atoms with Crippen LogP contribution < -0.4 is 0 Å². The van der Waals surface area contributed by atoms with E-state index in [0.29, 0.717) is 0 Å². The Kier molecular flexibility index (Phi) is 6.67. The molecular formula is C48H34N2. The molecule has 0 amide bonds. The number of rotatable bonds is 5. The van der Waals surface area contributed by atoms with E-state index in [0.717, 1.165) is 18.5 Å². The minimum absolute atomic E-state index is 1.10. The fourth-order valence-electron chi connectivity index (χ4n) is 7.95. The number of aromatic nitrogens is 2. The number of allylic oxidation sites excluding steroid dienone is 4. The second-order valence-corrected chi connectivity index (χ2v) is 13.3. The minimum atomic E-state index is 1.10. The molecule has 2 aromatic heterocycles. The molecule has 2 heteroatoms. The molecule has 0 aliphatic heterocycles. The van der Waals surface area contributed by atoms with Gasteiger partial charge in [0, 0.05) is 32.9 Å². The van der Waals surface area contributed by atoms with Crippen molar-refractivity contribution in [2.75, 3.05) is 0 Å². The topological polar surface area (TPSA) is 9.86 Å². The fraction of sp³-hybridized carbons (Fsp3) is 0.0417. The molecular weight excluding hydrogens is 605 g/mol. The Morgan fingerprint density at radius 3 is 1.52 bits per heavy atom. The summed E-state index contributed by atoms with van der Waals surface area (Å²) in [6.45, 7) is 0. The van der Waals surface area contributed by atoms with Gasteiger partial charge < -0.3 is 9.13 Å². The van der Waals surface area contributed by atoms with Crippen LogP contribution in [0.25, 0.3) is 82.8 Å². The predicted octanol–water partition coefficient (Wildman–Crippen LogP) is 12.9. The SMILES string of the molecule is C1=CC(c2cccc(-n3c4ccccc4c4cc(-c5ccc6c(c5)c5ccccc5n6-c5ccc(-c6ccccc6)cc5)ccc43)c2)=CCC1. The van der Waals surface area contributed by atoms with Crippen molar-refractivity contribution in [2.24, 2.45) is 0 Å². The van der Waals surface area contributed by atoms with Crippen LogP contribution in [0.15, 0.2) is 182 Å². The maximum absolute atomic E-state index is 2.42. The Bertz CT molecular complexity index is 2790. The van der Waals surface area contributed by atoms with E-state index in [9.17, 15) is 0 Å². The highest BCUT2D eigenvalue weighted by Crippen LogP contribution is 2.39. The maximum Gasteiger partial charge on any atom is 0.0541 e. The zero-order chi connectivity index (χ0) is 33.0. The monoisotopic (exact) mass is 638 g/mol. The molecule has 0 fully saturated rings. The summed E-state index contributed by atoms with van der Waals surface area (Å²) in [5, 5.41) is 5.05. The van der Waals surface area contributed by atoms with E-state index in [1.165, 1.54) is 82.7 Å². The Morgan fingerprint density at radius 2 is 0.880 bits per heavy atom. The van der Waals surface area contributed by atoms with Crippen molar-refractivity contribution in [3.05, 3.63) is 188 Å². The molecule has 9 aromatic rings. The van der Waals surface area contributed by atoms with Crippen molar-refractivity contribution in [1.29, 1.82) is 0 Å². The van der Waals surface area contributed by atoms with Gasteiger partial charge in [-0.15, -0.1) is 0 Å². The number of hydrogen-bond donors (Lipinski definition) is 0. The van der Waals surface area contributed by atoms with Crippen molar-refractivity contribution in [3.8, 4) is 33.6 Å². The summed E-state index contributed by atoms with van der Waals surface area (Å²) in [7, 11) is 0. The van der Waals surface area contributed by atoms with E-state index in [-0.39, 0.29) is 0 Å². The molecule has 0 radical (unpaired) electrons. The van der Waals surface area contributed by atoms with Gasteiger partial charge >= 0.3 is 0 Å². The smallest absolute Gasteiger partial charge is 0.0541 e. The van der Waals surface area contributed by atoms with Gasteiger partial charge in [0.15, 0.2) is 0 Å². The first kappa shape index (κ1) is 28.6. The quantitative estimate of drug-likeness (QED) is 0.178. The Morgan fingerprint density at radius 1 is 0.340 bits per heavy atom. The van der Waals surface area contributed by atoms with Crippen LogP contribution in [0.2, 0.25) is 0 Å². The summed E-state index contributed by atoms with van der Waals surface area (Å²) in [5.41, 5.74) is 14.7. The minimum Gasteiger partial charge on any atom is -0.309 e. The third-order valence-electron chi connectivity index (χ3n) is 10.3.